The number of aromatic nitrogens is 1. The molecular formula is C21H24N2O2. The number of ketones is 1. The van der Waals surface area contributed by atoms with Crippen LogP contribution in [-0.4, -0.2) is 23.7 Å². The predicted molar refractivity (Wildman–Crippen MR) is 99.6 cm³/mol. The number of benzene rings is 1. The van der Waals surface area contributed by atoms with Crippen molar-refractivity contribution in [2.75, 3.05) is 11.9 Å². The molecule has 0 N–H and O–H groups in total. The Labute approximate surface area is 148 Å². The van der Waals surface area contributed by atoms with Crippen LogP contribution in [0.1, 0.15) is 38.3 Å². The molecule has 0 spiro atoms. The number of pyridine rings is 1. The van der Waals surface area contributed by atoms with Gasteiger partial charge in [0, 0.05) is 48.9 Å². The molecule has 0 aliphatic carbocycles. The second-order valence-electron chi connectivity index (χ2n) is 7.73. The highest BCUT2D eigenvalue weighted by molar-refractivity contribution is 5.96. The van der Waals surface area contributed by atoms with E-state index in [0.717, 1.165) is 28.8 Å². The molecule has 130 valence electrons. The number of anilines is 1. The lowest BCUT2D eigenvalue weighted by Gasteiger charge is -2.26. The molecule has 0 atom stereocenters. The number of rotatable bonds is 3. The van der Waals surface area contributed by atoms with Crippen LogP contribution in [0.15, 0.2) is 36.7 Å². The summed E-state index contributed by atoms with van der Waals surface area (Å²) >= 11 is 0. The Balaban J connectivity index is 1.89. The molecule has 3 rings (SSSR count). The SMILES string of the molecule is CN1C(=O)CCc2cc(-c3cncc(CC(=O)C(C)(C)C)c3)ccc21. The number of fused-ring (bicyclic) bond motifs is 1. The number of carbonyl (C=O) groups is 2. The van der Waals surface area contributed by atoms with E-state index in [-0.39, 0.29) is 17.1 Å². The third kappa shape index (κ3) is 3.63. The second-order valence-corrected chi connectivity index (χ2v) is 7.73. The summed E-state index contributed by atoms with van der Waals surface area (Å²) in [5.74, 6) is 0.363. The Bertz CT molecular complexity index is 834. The first-order valence-electron chi connectivity index (χ1n) is 8.63. The Morgan fingerprint density at radius 2 is 1.88 bits per heavy atom. The van der Waals surface area contributed by atoms with E-state index < -0.39 is 0 Å². The molecule has 4 heteroatoms. The summed E-state index contributed by atoms with van der Waals surface area (Å²) in [6.45, 7) is 5.82. The third-order valence-corrected chi connectivity index (χ3v) is 4.75. The van der Waals surface area contributed by atoms with Gasteiger partial charge in [0.1, 0.15) is 5.78 Å². The van der Waals surface area contributed by atoms with Gasteiger partial charge in [-0.15, -0.1) is 0 Å². The molecule has 1 amide bonds. The minimum Gasteiger partial charge on any atom is -0.315 e. The van der Waals surface area contributed by atoms with Crippen molar-refractivity contribution in [2.45, 2.75) is 40.0 Å². The molecule has 0 saturated heterocycles. The largest absolute Gasteiger partial charge is 0.315 e. The summed E-state index contributed by atoms with van der Waals surface area (Å²) in [6, 6.07) is 8.18. The van der Waals surface area contributed by atoms with Crippen molar-refractivity contribution in [2.24, 2.45) is 5.41 Å². The quantitative estimate of drug-likeness (QED) is 0.856. The fourth-order valence-electron chi connectivity index (χ4n) is 3.03. The second kappa shape index (κ2) is 6.43. The van der Waals surface area contributed by atoms with Gasteiger partial charge in [-0.05, 0) is 41.3 Å². The van der Waals surface area contributed by atoms with Gasteiger partial charge >= 0.3 is 0 Å². The predicted octanol–water partition coefficient (Wildman–Crippen LogP) is 3.82. The zero-order valence-corrected chi connectivity index (χ0v) is 15.3. The van der Waals surface area contributed by atoms with Crippen LogP contribution in [-0.2, 0) is 22.4 Å². The van der Waals surface area contributed by atoms with E-state index in [1.807, 2.05) is 52.2 Å². The first-order chi connectivity index (χ1) is 11.8. The van der Waals surface area contributed by atoms with E-state index in [1.165, 1.54) is 5.56 Å². The van der Waals surface area contributed by atoms with Crippen molar-refractivity contribution in [3.63, 3.8) is 0 Å². The first kappa shape index (κ1) is 17.3. The summed E-state index contributed by atoms with van der Waals surface area (Å²) in [5, 5.41) is 0. The fraction of sp³-hybridized carbons (Fsp3) is 0.381. The molecule has 1 aliphatic heterocycles. The molecule has 0 saturated carbocycles. The van der Waals surface area contributed by atoms with Gasteiger partial charge < -0.3 is 4.90 Å². The number of hydrogen-bond acceptors (Lipinski definition) is 3. The molecule has 0 fully saturated rings. The highest BCUT2D eigenvalue weighted by Gasteiger charge is 2.22. The summed E-state index contributed by atoms with van der Waals surface area (Å²) in [7, 11) is 1.82. The Morgan fingerprint density at radius 3 is 2.60 bits per heavy atom. The van der Waals surface area contributed by atoms with Crippen LogP contribution in [0.2, 0.25) is 0 Å². The molecule has 1 aliphatic rings. The molecule has 0 radical (unpaired) electrons. The molecule has 25 heavy (non-hydrogen) atoms. The summed E-state index contributed by atoms with van der Waals surface area (Å²) in [6.07, 6.45) is 5.29. The topological polar surface area (TPSA) is 50.3 Å². The molecule has 0 bridgehead atoms. The number of hydrogen-bond donors (Lipinski definition) is 0. The van der Waals surface area contributed by atoms with Crippen molar-refractivity contribution in [3.8, 4) is 11.1 Å². The molecular weight excluding hydrogens is 312 g/mol. The van der Waals surface area contributed by atoms with E-state index >= 15 is 0 Å². The third-order valence-electron chi connectivity index (χ3n) is 4.75. The number of aryl methyl sites for hydroxylation is 1. The minimum absolute atomic E-state index is 0.157. The Hall–Kier alpha value is -2.49. The lowest BCUT2D eigenvalue weighted by atomic mass is 9.87. The number of carbonyl (C=O) groups excluding carboxylic acids is 2. The van der Waals surface area contributed by atoms with Gasteiger partial charge in [-0.3, -0.25) is 14.6 Å². The molecule has 4 nitrogen and oxygen atoms in total. The van der Waals surface area contributed by atoms with Gasteiger partial charge in [0.2, 0.25) is 5.91 Å². The molecule has 1 aromatic heterocycles. The summed E-state index contributed by atoms with van der Waals surface area (Å²) in [4.78, 5) is 30.1. The van der Waals surface area contributed by atoms with Crippen LogP contribution in [0.5, 0.6) is 0 Å². The lowest BCUT2D eigenvalue weighted by Crippen LogP contribution is -2.30. The van der Waals surface area contributed by atoms with Crippen LogP contribution in [0.25, 0.3) is 11.1 Å². The Kier molecular flexibility index (Phi) is 4.46. The number of Topliss-reactive ketones (excluding diaryl/α,β-unsaturated/α-hetero) is 1. The highest BCUT2D eigenvalue weighted by Crippen LogP contribution is 2.31. The van der Waals surface area contributed by atoms with Crippen molar-refractivity contribution in [3.05, 3.63) is 47.8 Å². The monoisotopic (exact) mass is 336 g/mol. The standard InChI is InChI=1S/C21H24N2O2/c1-21(2,3)19(24)10-14-9-17(13-22-12-14)15-5-7-18-16(11-15)6-8-20(25)23(18)4/h5,7,9,11-13H,6,8,10H2,1-4H3. The van der Waals surface area contributed by atoms with Crippen LogP contribution >= 0.6 is 0 Å². The average Bonchev–Trinajstić information content (AvgIpc) is 2.57. The van der Waals surface area contributed by atoms with Crippen LogP contribution in [0, 0.1) is 5.41 Å². The number of nitrogens with zero attached hydrogens (tertiary/aromatic N) is 2. The van der Waals surface area contributed by atoms with E-state index in [4.69, 9.17) is 0 Å². The van der Waals surface area contributed by atoms with Gasteiger partial charge in [-0.1, -0.05) is 26.8 Å². The average molecular weight is 336 g/mol. The van der Waals surface area contributed by atoms with Crippen molar-refractivity contribution < 1.29 is 9.59 Å². The van der Waals surface area contributed by atoms with E-state index in [1.54, 1.807) is 11.1 Å². The molecule has 0 unspecified atom stereocenters. The zero-order valence-electron chi connectivity index (χ0n) is 15.3. The smallest absolute Gasteiger partial charge is 0.227 e. The van der Waals surface area contributed by atoms with Gasteiger partial charge in [0.15, 0.2) is 0 Å². The maximum atomic E-state index is 12.3. The summed E-state index contributed by atoms with van der Waals surface area (Å²) in [5.41, 5.74) is 4.81. The van der Waals surface area contributed by atoms with Crippen molar-refractivity contribution in [1.82, 2.24) is 4.98 Å². The van der Waals surface area contributed by atoms with E-state index in [0.29, 0.717) is 12.8 Å². The maximum Gasteiger partial charge on any atom is 0.227 e. The lowest BCUT2D eigenvalue weighted by molar-refractivity contribution is -0.125. The zero-order chi connectivity index (χ0) is 18.2. The van der Waals surface area contributed by atoms with Crippen LogP contribution in [0.4, 0.5) is 5.69 Å². The van der Waals surface area contributed by atoms with E-state index in [2.05, 4.69) is 11.1 Å². The molecule has 2 heterocycles. The van der Waals surface area contributed by atoms with E-state index in [9.17, 15) is 9.59 Å². The molecule has 1 aromatic carbocycles. The van der Waals surface area contributed by atoms with Gasteiger partial charge in [0.05, 0.1) is 0 Å². The highest BCUT2D eigenvalue weighted by atomic mass is 16.2. The van der Waals surface area contributed by atoms with Gasteiger partial charge in [-0.25, -0.2) is 0 Å². The molecule has 2 aromatic rings. The summed E-state index contributed by atoms with van der Waals surface area (Å²) < 4.78 is 0. The maximum absolute atomic E-state index is 12.3. The Morgan fingerprint density at radius 1 is 1.12 bits per heavy atom. The van der Waals surface area contributed by atoms with Crippen molar-refractivity contribution in [1.29, 1.82) is 0 Å². The van der Waals surface area contributed by atoms with Crippen LogP contribution < -0.4 is 4.90 Å². The number of amides is 1. The minimum atomic E-state index is -0.348. The van der Waals surface area contributed by atoms with Gasteiger partial charge in [0.25, 0.3) is 0 Å². The van der Waals surface area contributed by atoms with Crippen LogP contribution in [0.3, 0.4) is 0 Å². The van der Waals surface area contributed by atoms with Gasteiger partial charge in [-0.2, -0.15) is 0 Å². The fourth-order valence-corrected chi connectivity index (χ4v) is 3.03. The van der Waals surface area contributed by atoms with Crippen molar-refractivity contribution >= 4 is 17.4 Å². The first-order valence-corrected chi connectivity index (χ1v) is 8.63. The normalized spacial score (nSPS) is 14.4.